The Morgan fingerprint density at radius 1 is 1.40 bits per heavy atom. The molecule has 1 aliphatic carbocycles. The Morgan fingerprint density at radius 2 is 2.10 bits per heavy atom. The topological polar surface area (TPSA) is 76.4 Å². The summed E-state index contributed by atoms with van der Waals surface area (Å²) in [6, 6.07) is 5.28. The summed E-state index contributed by atoms with van der Waals surface area (Å²) >= 11 is 0. The second-order valence-electron chi connectivity index (χ2n) is 5.31. The first kappa shape index (κ1) is 14.6. The van der Waals surface area contributed by atoms with Crippen molar-refractivity contribution < 1.29 is 9.66 Å². The highest BCUT2D eigenvalue weighted by atomic mass is 16.6. The van der Waals surface area contributed by atoms with Gasteiger partial charge in [0.15, 0.2) is 0 Å². The van der Waals surface area contributed by atoms with Crippen LogP contribution in [0.4, 0.5) is 17.1 Å². The van der Waals surface area contributed by atoms with Crippen molar-refractivity contribution in [1.82, 2.24) is 0 Å². The smallest absolute Gasteiger partial charge is 0.315 e. The number of methoxy groups -OCH3 is 1. The Kier molecular flexibility index (Phi) is 4.44. The first-order chi connectivity index (χ1) is 9.62. The van der Waals surface area contributed by atoms with Gasteiger partial charge in [0.25, 0.3) is 0 Å². The summed E-state index contributed by atoms with van der Waals surface area (Å²) < 4.78 is 5.12. The molecule has 0 heterocycles. The second kappa shape index (κ2) is 6.09. The van der Waals surface area contributed by atoms with Crippen molar-refractivity contribution in [3.63, 3.8) is 0 Å². The molecule has 0 aromatic heterocycles. The van der Waals surface area contributed by atoms with E-state index in [0.717, 1.165) is 32.4 Å². The van der Waals surface area contributed by atoms with Crippen molar-refractivity contribution in [2.45, 2.75) is 19.3 Å². The number of hydrogen-bond acceptors (Lipinski definition) is 5. The van der Waals surface area contributed by atoms with Crippen LogP contribution in [0.25, 0.3) is 0 Å². The van der Waals surface area contributed by atoms with E-state index in [2.05, 4.69) is 10.6 Å². The molecule has 6 heteroatoms. The third-order valence-electron chi connectivity index (χ3n) is 3.94. The Hall–Kier alpha value is -1.82. The van der Waals surface area contributed by atoms with Gasteiger partial charge in [-0.05, 0) is 36.8 Å². The van der Waals surface area contributed by atoms with Crippen molar-refractivity contribution in [2.75, 3.05) is 37.9 Å². The van der Waals surface area contributed by atoms with Gasteiger partial charge < -0.3 is 15.4 Å². The summed E-state index contributed by atoms with van der Waals surface area (Å²) in [5.41, 5.74) is 1.46. The molecular weight excluding hydrogens is 258 g/mol. The number of nitrogens with one attached hydrogen (secondary N) is 2. The molecule has 0 radical (unpaired) electrons. The van der Waals surface area contributed by atoms with Gasteiger partial charge >= 0.3 is 5.69 Å². The summed E-state index contributed by atoms with van der Waals surface area (Å²) in [7, 11) is 3.39. The van der Waals surface area contributed by atoms with Gasteiger partial charge in [0, 0.05) is 27.3 Å². The van der Waals surface area contributed by atoms with E-state index in [1.807, 2.05) is 6.07 Å². The highest BCUT2D eigenvalue weighted by molar-refractivity contribution is 5.76. The Labute approximate surface area is 118 Å². The molecule has 1 aromatic carbocycles. The Bertz CT molecular complexity index is 487. The van der Waals surface area contributed by atoms with Crippen LogP contribution in [0.1, 0.15) is 19.3 Å². The van der Waals surface area contributed by atoms with Crippen LogP contribution in [0.2, 0.25) is 0 Å². The van der Waals surface area contributed by atoms with Crippen molar-refractivity contribution in [2.24, 2.45) is 5.41 Å². The number of hydrogen-bond donors (Lipinski definition) is 2. The molecule has 2 N–H and O–H groups in total. The van der Waals surface area contributed by atoms with Crippen LogP contribution in [0.15, 0.2) is 18.2 Å². The third kappa shape index (κ3) is 3.19. The lowest BCUT2D eigenvalue weighted by molar-refractivity contribution is -0.383. The second-order valence-corrected chi connectivity index (χ2v) is 5.31. The number of nitro benzene ring substituents is 1. The first-order valence-corrected chi connectivity index (χ1v) is 6.80. The summed E-state index contributed by atoms with van der Waals surface area (Å²) in [4.78, 5) is 10.9. The van der Waals surface area contributed by atoms with Crippen LogP contribution >= 0.6 is 0 Å². The number of rotatable bonds is 8. The standard InChI is InChI=1S/C14H21N3O3/c1-15-11-4-3-5-12(13(11)17(18)19)16-10-14(6-7-14)8-9-20-2/h3-5,15-16H,6-10H2,1-2H3. The molecule has 2 rings (SSSR count). The third-order valence-corrected chi connectivity index (χ3v) is 3.94. The molecule has 0 aliphatic heterocycles. The van der Waals surface area contributed by atoms with Gasteiger partial charge in [-0.1, -0.05) is 6.07 Å². The van der Waals surface area contributed by atoms with Gasteiger partial charge in [0.1, 0.15) is 11.4 Å². The minimum atomic E-state index is -0.344. The van der Waals surface area contributed by atoms with Crippen LogP contribution in [0, 0.1) is 15.5 Å². The van der Waals surface area contributed by atoms with Crippen molar-refractivity contribution in [3.05, 3.63) is 28.3 Å². The van der Waals surface area contributed by atoms with Crippen molar-refractivity contribution in [1.29, 1.82) is 0 Å². The molecule has 0 atom stereocenters. The highest BCUT2D eigenvalue weighted by Crippen LogP contribution is 2.49. The molecule has 6 nitrogen and oxygen atoms in total. The van der Waals surface area contributed by atoms with Gasteiger partial charge in [0.2, 0.25) is 0 Å². The summed E-state index contributed by atoms with van der Waals surface area (Å²) in [6.07, 6.45) is 3.31. The van der Waals surface area contributed by atoms with E-state index in [4.69, 9.17) is 4.74 Å². The maximum absolute atomic E-state index is 11.2. The van der Waals surface area contributed by atoms with Gasteiger partial charge in [-0.25, -0.2) is 0 Å². The number of ether oxygens (including phenoxy) is 1. The summed E-state index contributed by atoms with van der Waals surface area (Å²) in [5.74, 6) is 0. The lowest BCUT2D eigenvalue weighted by Crippen LogP contribution is -2.18. The lowest BCUT2D eigenvalue weighted by atomic mass is 10.0. The minimum Gasteiger partial charge on any atom is -0.385 e. The molecule has 0 unspecified atom stereocenters. The number of anilines is 2. The zero-order valence-electron chi connectivity index (χ0n) is 11.9. The van der Waals surface area contributed by atoms with Gasteiger partial charge in [-0.3, -0.25) is 10.1 Å². The SMILES string of the molecule is CNc1cccc(NCC2(CCOC)CC2)c1[N+](=O)[O-]. The van der Waals surface area contributed by atoms with Crippen LogP contribution in [-0.4, -0.2) is 32.2 Å². The van der Waals surface area contributed by atoms with Crippen LogP contribution in [0.5, 0.6) is 0 Å². The fraction of sp³-hybridized carbons (Fsp3) is 0.571. The number of nitro groups is 1. The normalized spacial score (nSPS) is 15.7. The summed E-state index contributed by atoms with van der Waals surface area (Å²) in [6.45, 7) is 1.49. The molecule has 20 heavy (non-hydrogen) atoms. The van der Waals surface area contributed by atoms with Crippen molar-refractivity contribution >= 4 is 17.1 Å². The monoisotopic (exact) mass is 279 g/mol. The average Bonchev–Trinajstić information content (AvgIpc) is 3.22. The van der Waals surface area contributed by atoms with E-state index in [9.17, 15) is 10.1 Å². The average molecular weight is 279 g/mol. The fourth-order valence-corrected chi connectivity index (χ4v) is 2.38. The van der Waals surface area contributed by atoms with E-state index in [1.54, 1.807) is 26.3 Å². The Morgan fingerprint density at radius 3 is 2.65 bits per heavy atom. The van der Waals surface area contributed by atoms with Gasteiger partial charge in [-0.15, -0.1) is 0 Å². The highest BCUT2D eigenvalue weighted by Gasteiger charge is 2.42. The fourth-order valence-electron chi connectivity index (χ4n) is 2.38. The minimum absolute atomic E-state index is 0.109. The quantitative estimate of drug-likeness (QED) is 0.565. The van der Waals surface area contributed by atoms with E-state index in [0.29, 0.717) is 11.4 Å². The van der Waals surface area contributed by atoms with Crippen molar-refractivity contribution in [3.8, 4) is 0 Å². The van der Waals surface area contributed by atoms with Gasteiger partial charge in [-0.2, -0.15) is 0 Å². The van der Waals surface area contributed by atoms with Crippen LogP contribution in [-0.2, 0) is 4.74 Å². The molecule has 1 aromatic rings. The van der Waals surface area contributed by atoms with Crippen LogP contribution < -0.4 is 10.6 Å². The molecule has 0 saturated heterocycles. The maximum atomic E-state index is 11.2. The molecule has 0 bridgehead atoms. The largest absolute Gasteiger partial charge is 0.385 e. The van der Waals surface area contributed by atoms with E-state index < -0.39 is 0 Å². The molecule has 1 aliphatic rings. The van der Waals surface area contributed by atoms with E-state index in [1.165, 1.54) is 0 Å². The molecule has 1 saturated carbocycles. The van der Waals surface area contributed by atoms with Gasteiger partial charge in [0.05, 0.1) is 4.92 Å². The predicted octanol–water partition coefficient (Wildman–Crippen LogP) is 2.87. The lowest BCUT2D eigenvalue weighted by Gasteiger charge is -2.17. The number of nitrogens with zero attached hydrogens (tertiary/aromatic N) is 1. The van der Waals surface area contributed by atoms with Crippen LogP contribution in [0.3, 0.4) is 0 Å². The summed E-state index contributed by atoms with van der Waals surface area (Å²) in [5, 5.41) is 17.3. The molecule has 0 amide bonds. The van der Waals surface area contributed by atoms with E-state index in [-0.39, 0.29) is 16.0 Å². The molecule has 1 fully saturated rings. The number of benzene rings is 1. The molecular formula is C14H21N3O3. The Balaban J connectivity index is 2.08. The number of para-hydroxylation sites is 1. The predicted molar refractivity (Wildman–Crippen MR) is 79.3 cm³/mol. The molecule has 0 spiro atoms. The zero-order valence-corrected chi connectivity index (χ0v) is 11.9. The van der Waals surface area contributed by atoms with E-state index >= 15 is 0 Å². The first-order valence-electron chi connectivity index (χ1n) is 6.80. The molecule has 110 valence electrons. The maximum Gasteiger partial charge on any atom is 0.315 e. The zero-order chi connectivity index (χ0) is 14.6.